The fraction of sp³-hybridized carbons (Fsp3) is 0.353. The summed E-state index contributed by atoms with van der Waals surface area (Å²) in [6.07, 6.45) is 6.10. The molecule has 2 aromatic heterocycles. The molecular formula is C17H20N6. The number of benzene rings is 1. The van der Waals surface area contributed by atoms with E-state index >= 15 is 0 Å². The summed E-state index contributed by atoms with van der Waals surface area (Å²) < 4.78 is 2.02. The van der Waals surface area contributed by atoms with E-state index in [1.54, 1.807) is 0 Å². The molecule has 0 radical (unpaired) electrons. The van der Waals surface area contributed by atoms with Crippen LogP contribution in [0.15, 0.2) is 42.7 Å². The van der Waals surface area contributed by atoms with Gasteiger partial charge >= 0.3 is 0 Å². The second-order valence-electron chi connectivity index (χ2n) is 6.08. The number of aromatic nitrogens is 4. The summed E-state index contributed by atoms with van der Waals surface area (Å²) in [5, 5.41) is 5.22. The fourth-order valence-electron chi connectivity index (χ4n) is 3.22. The first-order valence-electron chi connectivity index (χ1n) is 8.04. The van der Waals surface area contributed by atoms with E-state index in [9.17, 15) is 0 Å². The van der Waals surface area contributed by atoms with E-state index < -0.39 is 0 Å². The molecule has 0 spiro atoms. The molecule has 1 aromatic carbocycles. The molecular weight excluding hydrogens is 288 g/mol. The molecule has 23 heavy (non-hydrogen) atoms. The Balaban J connectivity index is 1.48. The van der Waals surface area contributed by atoms with Gasteiger partial charge < -0.3 is 10.6 Å². The van der Waals surface area contributed by atoms with Gasteiger partial charge in [0.1, 0.15) is 5.82 Å². The maximum absolute atomic E-state index is 6.09. The number of nitrogens with two attached hydrogens (primary N) is 1. The summed E-state index contributed by atoms with van der Waals surface area (Å²) in [4.78, 5) is 11.4. The second kappa shape index (κ2) is 5.87. The van der Waals surface area contributed by atoms with E-state index in [1.165, 1.54) is 0 Å². The normalized spacial score (nSPS) is 16.1. The summed E-state index contributed by atoms with van der Waals surface area (Å²) in [6, 6.07) is 9.87. The Bertz CT molecular complexity index is 790. The van der Waals surface area contributed by atoms with Crippen LogP contribution in [0.4, 0.5) is 11.8 Å². The van der Waals surface area contributed by atoms with E-state index in [1.807, 2.05) is 47.4 Å². The zero-order valence-electron chi connectivity index (χ0n) is 13.0. The topological polar surface area (TPSA) is 72.9 Å². The highest BCUT2D eigenvalue weighted by Crippen LogP contribution is 2.25. The lowest BCUT2D eigenvalue weighted by Gasteiger charge is -2.32. The van der Waals surface area contributed by atoms with Crippen LogP contribution >= 0.6 is 0 Å². The lowest BCUT2D eigenvalue weighted by atomic mass is 9.97. The van der Waals surface area contributed by atoms with E-state index in [4.69, 9.17) is 5.73 Å². The van der Waals surface area contributed by atoms with Crippen LogP contribution in [0.25, 0.3) is 10.9 Å². The second-order valence-corrected chi connectivity index (χ2v) is 6.08. The third kappa shape index (κ3) is 2.84. The summed E-state index contributed by atoms with van der Waals surface area (Å²) >= 11 is 0. The molecule has 0 atom stereocenters. The predicted molar refractivity (Wildman–Crippen MR) is 91.1 cm³/mol. The average molecular weight is 308 g/mol. The predicted octanol–water partition coefficient (Wildman–Crippen LogP) is 2.33. The lowest BCUT2D eigenvalue weighted by molar-refractivity contribution is 0.341. The van der Waals surface area contributed by atoms with E-state index in [0.29, 0.717) is 11.7 Å². The number of nitrogens with zero attached hydrogens (tertiary/aromatic N) is 5. The third-order valence-electron chi connectivity index (χ3n) is 4.52. The number of rotatable bonds is 3. The van der Waals surface area contributed by atoms with Crippen LogP contribution in [-0.2, 0) is 6.54 Å². The molecule has 1 aliphatic rings. The number of hydrogen-bond acceptors (Lipinski definition) is 5. The standard InChI is InChI=1S/C17H20N6/c18-16-14-4-1-2-5-15(14)20-17(21-16)22-10-6-13(7-11-22)12-23-9-3-8-19-23/h1-5,8-9,13H,6-7,10-12H2,(H2,18,20,21). The Morgan fingerprint density at radius 3 is 2.70 bits per heavy atom. The molecule has 3 heterocycles. The zero-order chi connectivity index (χ0) is 15.6. The largest absolute Gasteiger partial charge is 0.383 e. The number of nitrogen functional groups attached to an aromatic ring is 1. The van der Waals surface area contributed by atoms with Crippen molar-refractivity contribution in [3.8, 4) is 0 Å². The van der Waals surface area contributed by atoms with Crippen molar-refractivity contribution in [3.63, 3.8) is 0 Å². The van der Waals surface area contributed by atoms with Gasteiger partial charge in [-0.2, -0.15) is 10.1 Å². The summed E-state index contributed by atoms with van der Waals surface area (Å²) in [5.41, 5.74) is 7.00. The van der Waals surface area contributed by atoms with Crippen molar-refractivity contribution in [2.45, 2.75) is 19.4 Å². The van der Waals surface area contributed by atoms with E-state index in [0.717, 1.165) is 49.3 Å². The van der Waals surface area contributed by atoms with Crippen molar-refractivity contribution in [2.75, 3.05) is 23.7 Å². The summed E-state index contributed by atoms with van der Waals surface area (Å²) in [6.45, 7) is 2.91. The zero-order valence-corrected chi connectivity index (χ0v) is 13.0. The first-order chi connectivity index (χ1) is 11.3. The van der Waals surface area contributed by atoms with Crippen molar-refractivity contribution in [2.24, 2.45) is 5.92 Å². The van der Waals surface area contributed by atoms with Crippen LogP contribution < -0.4 is 10.6 Å². The van der Waals surface area contributed by atoms with Gasteiger partial charge in [-0.05, 0) is 37.0 Å². The van der Waals surface area contributed by atoms with Gasteiger partial charge in [0.2, 0.25) is 5.95 Å². The average Bonchev–Trinajstić information content (AvgIpc) is 3.08. The summed E-state index contributed by atoms with van der Waals surface area (Å²) in [7, 11) is 0. The fourth-order valence-corrected chi connectivity index (χ4v) is 3.22. The minimum Gasteiger partial charge on any atom is -0.383 e. The Morgan fingerprint density at radius 2 is 1.91 bits per heavy atom. The van der Waals surface area contributed by atoms with Crippen molar-refractivity contribution in [1.82, 2.24) is 19.7 Å². The van der Waals surface area contributed by atoms with E-state index in [2.05, 4.69) is 20.0 Å². The molecule has 2 N–H and O–H groups in total. The maximum Gasteiger partial charge on any atom is 0.227 e. The molecule has 0 unspecified atom stereocenters. The monoisotopic (exact) mass is 308 g/mol. The molecule has 6 nitrogen and oxygen atoms in total. The van der Waals surface area contributed by atoms with Crippen LogP contribution in [0, 0.1) is 5.92 Å². The van der Waals surface area contributed by atoms with Gasteiger partial charge in [0.15, 0.2) is 0 Å². The Hall–Kier alpha value is -2.63. The quantitative estimate of drug-likeness (QED) is 0.804. The van der Waals surface area contributed by atoms with Gasteiger partial charge in [-0.15, -0.1) is 0 Å². The highest BCUT2D eigenvalue weighted by atomic mass is 15.3. The van der Waals surface area contributed by atoms with E-state index in [-0.39, 0.29) is 0 Å². The van der Waals surface area contributed by atoms with Crippen molar-refractivity contribution in [1.29, 1.82) is 0 Å². The number of para-hydroxylation sites is 1. The minimum atomic E-state index is 0.560. The number of hydrogen-bond donors (Lipinski definition) is 1. The molecule has 1 fully saturated rings. The van der Waals surface area contributed by atoms with Crippen LogP contribution in [0.2, 0.25) is 0 Å². The highest BCUT2D eigenvalue weighted by Gasteiger charge is 2.22. The van der Waals surface area contributed by atoms with Gasteiger partial charge in [-0.3, -0.25) is 4.68 Å². The molecule has 3 aromatic rings. The van der Waals surface area contributed by atoms with Gasteiger partial charge in [-0.1, -0.05) is 12.1 Å². The molecule has 6 heteroatoms. The third-order valence-corrected chi connectivity index (χ3v) is 4.52. The number of anilines is 2. The highest BCUT2D eigenvalue weighted by molar-refractivity contribution is 5.88. The molecule has 0 bridgehead atoms. The Kier molecular flexibility index (Phi) is 3.57. The molecule has 4 rings (SSSR count). The van der Waals surface area contributed by atoms with Crippen LogP contribution in [0.1, 0.15) is 12.8 Å². The van der Waals surface area contributed by atoms with Gasteiger partial charge in [-0.25, -0.2) is 4.98 Å². The van der Waals surface area contributed by atoms with Crippen LogP contribution in [0.5, 0.6) is 0 Å². The van der Waals surface area contributed by atoms with Gasteiger partial charge in [0.05, 0.1) is 5.52 Å². The molecule has 1 saturated heterocycles. The van der Waals surface area contributed by atoms with Crippen LogP contribution in [-0.4, -0.2) is 32.8 Å². The first kappa shape index (κ1) is 14.0. The van der Waals surface area contributed by atoms with Crippen molar-refractivity contribution in [3.05, 3.63) is 42.7 Å². The van der Waals surface area contributed by atoms with Gasteiger partial charge in [0.25, 0.3) is 0 Å². The molecule has 0 amide bonds. The number of fused-ring (bicyclic) bond motifs is 1. The lowest BCUT2D eigenvalue weighted by Crippen LogP contribution is -2.36. The van der Waals surface area contributed by atoms with Gasteiger partial charge in [0, 0.05) is 37.4 Å². The van der Waals surface area contributed by atoms with Crippen molar-refractivity contribution >= 4 is 22.7 Å². The SMILES string of the molecule is Nc1nc(N2CCC(Cn3cccn3)CC2)nc2ccccc12. The Morgan fingerprint density at radius 1 is 1.09 bits per heavy atom. The summed E-state index contributed by atoms with van der Waals surface area (Å²) in [5.74, 6) is 1.96. The number of piperidine rings is 1. The molecule has 0 aliphatic carbocycles. The molecule has 118 valence electrons. The van der Waals surface area contributed by atoms with Crippen molar-refractivity contribution < 1.29 is 0 Å². The smallest absolute Gasteiger partial charge is 0.227 e. The Labute approximate surface area is 135 Å². The molecule has 1 aliphatic heterocycles. The minimum absolute atomic E-state index is 0.560. The van der Waals surface area contributed by atoms with Crippen LogP contribution in [0.3, 0.4) is 0 Å². The first-order valence-corrected chi connectivity index (χ1v) is 8.04. The maximum atomic E-state index is 6.09. The molecule has 0 saturated carbocycles.